The van der Waals surface area contributed by atoms with Gasteiger partial charge in [0.2, 0.25) is 11.8 Å². The first kappa shape index (κ1) is 26.4. The van der Waals surface area contributed by atoms with E-state index in [0.717, 1.165) is 29.5 Å². The van der Waals surface area contributed by atoms with Gasteiger partial charge in [-0.15, -0.1) is 0 Å². The van der Waals surface area contributed by atoms with Gasteiger partial charge in [-0.3, -0.25) is 14.5 Å². The molecule has 7 nitrogen and oxygen atoms in total. The lowest BCUT2D eigenvalue weighted by Gasteiger charge is -2.32. The molecule has 1 aliphatic rings. The van der Waals surface area contributed by atoms with Gasteiger partial charge in [0, 0.05) is 19.5 Å². The molecule has 1 fully saturated rings. The Kier molecular flexibility index (Phi) is 8.66. The highest BCUT2D eigenvalue weighted by Crippen LogP contribution is 2.34. The van der Waals surface area contributed by atoms with Gasteiger partial charge in [0.15, 0.2) is 16.7 Å². The van der Waals surface area contributed by atoms with Crippen molar-refractivity contribution >= 4 is 34.4 Å². The monoisotopic (exact) mass is 509 g/mol. The second-order valence-corrected chi connectivity index (χ2v) is 8.80. The molecule has 1 atom stereocenters. The molecule has 0 aliphatic carbocycles. The minimum atomic E-state index is -4.53. The number of benzene rings is 2. The third-order valence-electron chi connectivity index (χ3n) is 5.25. The van der Waals surface area contributed by atoms with Gasteiger partial charge >= 0.3 is 6.18 Å². The van der Waals surface area contributed by atoms with Crippen LogP contribution in [0.4, 0.5) is 18.9 Å². The number of rotatable bonds is 8. The summed E-state index contributed by atoms with van der Waals surface area (Å²) < 4.78 is 50.1. The molecule has 1 unspecified atom stereocenters. The number of aliphatic imine (C=N–C) groups is 1. The zero-order valence-corrected chi connectivity index (χ0v) is 20.3. The van der Waals surface area contributed by atoms with E-state index in [2.05, 4.69) is 10.3 Å². The fraction of sp³-hybridized carbons (Fsp3) is 0.375. The Bertz CT molecular complexity index is 1110. The number of halogens is 3. The van der Waals surface area contributed by atoms with Gasteiger partial charge in [0.1, 0.15) is 0 Å². The van der Waals surface area contributed by atoms with Crippen molar-refractivity contribution in [3.63, 3.8) is 0 Å². The molecule has 3 rings (SSSR count). The minimum Gasteiger partial charge on any atom is -0.493 e. The lowest BCUT2D eigenvalue weighted by Crippen LogP contribution is -2.47. The van der Waals surface area contributed by atoms with Crippen molar-refractivity contribution in [3.8, 4) is 11.5 Å². The summed E-state index contributed by atoms with van der Waals surface area (Å²) >= 11 is 1.07. The quantitative estimate of drug-likeness (QED) is 0.570. The summed E-state index contributed by atoms with van der Waals surface area (Å²) in [6, 6.07) is 9.94. The lowest BCUT2D eigenvalue weighted by atomic mass is 10.1. The third-order valence-corrected chi connectivity index (χ3v) is 6.44. The summed E-state index contributed by atoms with van der Waals surface area (Å²) in [5.41, 5.74) is 0.0659. The number of amides is 2. The second kappa shape index (κ2) is 11.5. The topological polar surface area (TPSA) is 80.2 Å². The Morgan fingerprint density at radius 3 is 2.57 bits per heavy atom. The van der Waals surface area contributed by atoms with Crippen molar-refractivity contribution in [1.82, 2.24) is 10.2 Å². The van der Waals surface area contributed by atoms with E-state index in [1.54, 1.807) is 19.1 Å². The maximum Gasteiger partial charge on any atom is 0.416 e. The summed E-state index contributed by atoms with van der Waals surface area (Å²) in [6.45, 7) is 2.38. The fourth-order valence-electron chi connectivity index (χ4n) is 3.49. The molecule has 0 aromatic heterocycles. The van der Waals surface area contributed by atoms with Crippen LogP contribution in [0.15, 0.2) is 47.5 Å². The Hall–Kier alpha value is -3.21. The average Bonchev–Trinajstić information content (AvgIpc) is 2.83. The van der Waals surface area contributed by atoms with Gasteiger partial charge in [-0.25, -0.2) is 4.99 Å². The third kappa shape index (κ3) is 6.68. The average molecular weight is 510 g/mol. The van der Waals surface area contributed by atoms with Crippen LogP contribution in [0, 0.1) is 0 Å². The fourth-order valence-corrected chi connectivity index (χ4v) is 4.64. The summed E-state index contributed by atoms with van der Waals surface area (Å²) in [6.07, 6.45) is -4.13. The first-order valence-corrected chi connectivity index (χ1v) is 11.8. The molecule has 1 aliphatic heterocycles. The highest BCUT2D eigenvalue weighted by Gasteiger charge is 2.36. The van der Waals surface area contributed by atoms with Gasteiger partial charge in [-0.2, -0.15) is 13.2 Å². The van der Waals surface area contributed by atoms with E-state index < -0.39 is 17.0 Å². The molecule has 2 aromatic carbocycles. The first-order chi connectivity index (χ1) is 16.7. The van der Waals surface area contributed by atoms with Gasteiger partial charge < -0.3 is 14.8 Å². The zero-order chi connectivity index (χ0) is 25.6. The highest BCUT2D eigenvalue weighted by atomic mass is 32.2. The number of amidine groups is 1. The number of nitrogens with one attached hydrogen (secondary N) is 1. The maximum absolute atomic E-state index is 13.2. The Labute approximate surface area is 205 Å². The molecule has 0 bridgehead atoms. The SMILES string of the molecule is CCNC(=O)C1CC(=O)N(CCc2ccc(OC)c(OC)c2)C(=Nc2cccc(C(F)(F)F)c2)S1. The van der Waals surface area contributed by atoms with Gasteiger partial charge in [-0.1, -0.05) is 23.9 Å². The van der Waals surface area contributed by atoms with Gasteiger partial charge in [-0.05, 0) is 49.2 Å². The van der Waals surface area contributed by atoms with E-state index in [1.807, 2.05) is 6.07 Å². The number of carbonyl (C=O) groups is 2. The van der Waals surface area contributed by atoms with E-state index in [1.165, 1.54) is 31.3 Å². The summed E-state index contributed by atoms with van der Waals surface area (Å²) in [5.74, 6) is 0.462. The first-order valence-electron chi connectivity index (χ1n) is 10.9. The van der Waals surface area contributed by atoms with Crippen molar-refractivity contribution in [2.75, 3.05) is 27.3 Å². The predicted octanol–water partition coefficient (Wildman–Crippen LogP) is 4.42. The highest BCUT2D eigenvalue weighted by molar-refractivity contribution is 8.15. The number of hydrogen-bond acceptors (Lipinski definition) is 6. The van der Waals surface area contributed by atoms with E-state index >= 15 is 0 Å². The predicted molar refractivity (Wildman–Crippen MR) is 128 cm³/mol. The lowest BCUT2D eigenvalue weighted by molar-refractivity contribution is -0.137. The summed E-state index contributed by atoms with van der Waals surface area (Å²) in [4.78, 5) is 31.2. The van der Waals surface area contributed by atoms with Crippen LogP contribution >= 0.6 is 11.8 Å². The normalized spacial score (nSPS) is 17.4. The molecule has 1 saturated heterocycles. The smallest absolute Gasteiger partial charge is 0.416 e. The molecule has 1 N–H and O–H groups in total. The number of thioether (sulfide) groups is 1. The maximum atomic E-state index is 13.2. The van der Waals surface area contributed by atoms with Crippen LogP contribution in [0.1, 0.15) is 24.5 Å². The number of alkyl halides is 3. The summed E-state index contributed by atoms with van der Waals surface area (Å²) in [7, 11) is 3.05. The molecule has 11 heteroatoms. The molecule has 0 radical (unpaired) electrons. The van der Waals surface area contributed by atoms with Crippen LogP contribution in [0.25, 0.3) is 0 Å². The van der Waals surface area contributed by atoms with E-state index in [9.17, 15) is 22.8 Å². The van der Waals surface area contributed by atoms with E-state index in [4.69, 9.17) is 9.47 Å². The minimum absolute atomic E-state index is 0.0377. The molecule has 0 spiro atoms. The molecular weight excluding hydrogens is 483 g/mol. The Morgan fingerprint density at radius 2 is 1.91 bits per heavy atom. The number of methoxy groups -OCH3 is 2. The molecular formula is C24H26F3N3O4S. The van der Waals surface area contributed by atoms with Crippen LogP contribution in [-0.4, -0.2) is 54.4 Å². The van der Waals surface area contributed by atoms with Crippen molar-refractivity contribution in [3.05, 3.63) is 53.6 Å². The van der Waals surface area contributed by atoms with Crippen molar-refractivity contribution in [2.45, 2.75) is 31.2 Å². The van der Waals surface area contributed by atoms with Crippen LogP contribution in [0.2, 0.25) is 0 Å². The molecule has 1 heterocycles. The molecule has 0 saturated carbocycles. The number of carbonyl (C=O) groups excluding carboxylic acids is 2. The Morgan fingerprint density at radius 1 is 1.17 bits per heavy atom. The number of hydrogen-bond donors (Lipinski definition) is 1. The summed E-state index contributed by atoms with van der Waals surface area (Å²) in [5, 5.41) is 2.15. The number of nitrogens with zero attached hydrogens (tertiary/aromatic N) is 2. The van der Waals surface area contributed by atoms with E-state index in [0.29, 0.717) is 24.5 Å². The van der Waals surface area contributed by atoms with Crippen LogP contribution in [-0.2, 0) is 22.2 Å². The zero-order valence-electron chi connectivity index (χ0n) is 19.5. The largest absolute Gasteiger partial charge is 0.493 e. The van der Waals surface area contributed by atoms with Crippen molar-refractivity contribution in [2.24, 2.45) is 4.99 Å². The van der Waals surface area contributed by atoms with E-state index in [-0.39, 0.29) is 35.6 Å². The van der Waals surface area contributed by atoms with Gasteiger partial charge in [0.25, 0.3) is 0 Å². The standard InChI is InChI=1S/C24H26F3N3O4S/c1-4-28-22(32)20-14-21(31)30(11-10-15-8-9-18(33-2)19(12-15)34-3)23(35-20)29-17-7-5-6-16(13-17)24(25,26)27/h5-9,12-13,20H,4,10-11,14H2,1-3H3,(H,28,32). The number of ether oxygens (including phenoxy) is 2. The molecule has 2 aromatic rings. The van der Waals surface area contributed by atoms with Crippen molar-refractivity contribution < 1.29 is 32.2 Å². The second-order valence-electron chi connectivity index (χ2n) is 7.63. The molecule has 2 amide bonds. The van der Waals surface area contributed by atoms with Gasteiger partial charge in [0.05, 0.1) is 30.7 Å². The molecule has 35 heavy (non-hydrogen) atoms. The van der Waals surface area contributed by atoms with Crippen LogP contribution in [0.5, 0.6) is 11.5 Å². The Balaban J connectivity index is 1.90. The van der Waals surface area contributed by atoms with Crippen LogP contribution < -0.4 is 14.8 Å². The van der Waals surface area contributed by atoms with Crippen molar-refractivity contribution in [1.29, 1.82) is 0 Å². The van der Waals surface area contributed by atoms with Crippen LogP contribution in [0.3, 0.4) is 0 Å². The molecule has 188 valence electrons.